The van der Waals surface area contributed by atoms with Gasteiger partial charge in [-0.3, -0.25) is 0 Å². The zero-order valence-electron chi connectivity index (χ0n) is 5.90. The van der Waals surface area contributed by atoms with E-state index in [2.05, 4.69) is 9.72 Å². The Balaban J connectivity index is 2.90. The summed E-state index contributed by atoms with van der Waals surface area (Å²) in [6, 6.07) is 0.660. The molecule has 1 rings (SSSR count). The van der Waals surface area contributed by atoms with Crippen LogP contribution in [-0.2, 0) is 0 Å². The van der Waals surface area contributed by atoms with Gasteiger partial charge in [0.1, 0.15) is 5.75 Å². The van der Waals surface area contributed by atoms with Crippen LogP contribution in [0.25, 0.3) is 0 Å². The van der Waals surface area contributed by atoms with Gasteiger partial charge in [0.25, 0.3) is 0 Å². The molecule has 0 aromatic carbocycles. The summed E-state index contributed by atoms with van der Waals surface area (Å²) < 4.78 is 62.2. The maximum absolute atomic E-state index is 12.2. The van der Waals surface area contributed by atoms with E-state index in [0.29, 0.717) is 12.1 Å². The Bertz CT molecular complexity index is 290. The molecule has 0 aliphatic heterocycles. The van der Waals surface area contributed by atoms with Crippen LogP contribution in [0.1, 0.15) is 0 Å². The topological polar surface area (TPSA) is 22.1 Å². The van der Waals surface area contributed by atoms with E-state index in [1.54, 1.807) is 0 Å². The highest BCUT2D eigenvalue weighted by Crippen LogP contribution is 2.22. The number of pyridine rings is 1. The van der Waals surface area contributed by atoms with Gasteiger partial charge in [0.15, 0.2) is 0 Å². The van der Waals surface area contributed by atoms with Gasteiger partial charge in [-0.05, 0) is 0 Å². The third-order valence-corrected chi connectivity index (χ3v) is 0.970. The summed E-state index contributed by atoms with van der Waals surface area (Å²) in [5.74, 6) is -3.73. The Morgan fingerprint density at radius 3 is 1.92 bits per heavy atom. The maximum Gasteiger partial charge on any atom is 0.573 e. The molecule has 0 aliphatic carbocycles. The summed E-state index contributed by atoms with van der Waals surface area (Å²) in [5.41, 5.74) is 0. The predicted molar refractivity (Wildman–Crippen MR) is 30.8 cm³/mol. The van der Waals surface area contributed by atoms with Gasteiger partial charge < -0.3 is 4.74 Å². The first-order valence-corrected chi connectivity index (χ1v) is 2.96. The summed E-state index contributed by atoms with van der Waals surface area (Å²) >= 11 is 0. The van der Waals surface area contributed by atoms with E-state index in [0.717, 1.165) is 0 Å². The summed E-state index contributed by atoms with van der Waals surface area (Å²) in [5, 5.41) is 0. The van der Waals surface area contributed by atoms with Crippen LogP contribution in [0.5, 0.6) is 5.75 Å². The minimum Gasteiger partial charge on any atom is -0.405 e. The van der Waals surface area contributed by atoms with E-state index in [-0.39, 0.29) is 0 Å². The van der Waals surface area contributed by atoms with Crippen molar-refractivity contribution in [1.82, 2.24) is 4.98 Å². The van der Waals surface area contributed by atoms with E-state index in [9.17, 15) is 22.0 Å². The van der Waals surface area contributed by atoms with E-state index >= 15 is 0 Å². The zero-order valence-corrected chi connectivity index (χ0v) is 5.90. The Hall–Kier alpha value is -1.40. The van der Waals surface area contributed by atoms with Gasteiger partial charge >= 0.3 is 6.36 Å². The quantitative estimate of drug-likeness (QED) is 0.511. The van der Waals surface area contributed by atoms with Crippen LogP contribution < -0.4 is 4.74 Å². The second-order valence-corrected chi connectivity index (χ2v) is 2.00. The van der Waals surface area contributed by atoms with E-state index < -0.39 is 24.0 Å². The van der Waals surface area contributed by atoms with Gasteiger partial charge in [0.2, 0.25) is 11.9 Å². The summed E-state index contributed by atoms with van der Waals surface area (Å²) in [4.78, 5) is 2.58. The molecule has 1 heterocycles. The summed E-state index contributed by atoms with van der Waals surface area (Å²) in [6.07, 6.45) is -4.97. The zero-order chi connectivity index (χ0) is 10.1. The first kappa shape index (κ1) is 9.69. The van der Waals surface area contributed by atoms with Crippen molar-refractivity contribution >= 4 is 0 Å². The fraction of sp³-hybridized carbons (Fsp3) is 0.167. The Kier molecular flexibility index (Phi) is 2.35. The lowest BCUT2D eigenvalue weighted by Crippen LogP contribution is -2.17. The maximum atomic E-state index is 12.2. The Labute approximate surface area is 69.0 Å². The standard InChI is InChI=1S/C6H2F5NO/c7-4-1-3(2-5(8)12-4)13-6(9,10)11/h1-2H. The second-order valence-electron chi connectivity index (χ2n) is 2.00. The minimum atomic E-state index is -4.97. The average molecular weight is 199 g/mol. The molecule has 0 fully saturated rings. The average Bonchev–Trinajstić information content (AvgIpc) is 1.78. The lowest BCUT2D eigenvalue weighted by atomic mass is 10.4. The number of alkyl halides is 3. The number of rotatable bonds is 1. The van der Waals surface area contributed by atoms with Crippen LogP contribution in [0.15, 0.2) is 12.1 Å². The van der Waals surface area contributed by atoms with Crippen LogP contribution in [0.4, 0.5) is 22.0 Å². The molecule has 13 heavy (non-hydrogen) atoms. The van der Waals surface area contributed by atoms with Crippen molar-refractivity contribution in [2.24, 2.45) is 0 Å². The van der Waals surface area contributed by atoms with Crippen molar-refractivity contribution in [2.75, 3.05) is 0 Å². The van der Waals surface area contributed by atoms with Gasteiger partial charge in [-0.2, -0.15) is 13.8 Å². The molecule has 0 spiro atoms. The highest BCUT2D eigenvalue weighted by molar-refractivity contribution is 5.18. The molecular formula is C6H2F5NO. The van der Waals surface area contributed by atoms with Crippen molar-refractivity contribution in [1.29, 1.82) is 0 Å². The molecular weight excluding hydrogens is 197 g/mol. The molecule has 72 valence electrons. The lowest BCUT2D eigenvalue weighted by molar-refractivity contribution is -0.274. The van der Waals surface area contributed by atoms with Crippen LogP contribution in [-0.4, -0.2) is 11.3 Å². The molecule has 2 nitrogen and oxygen atoms in total. The SMILES string of the molecule is Fc1cc(OC(F)(F)F)cc(F)n1. The molecule has 0 N–H and O–H groups in total. The van der Waals surface area contributed by atoms with Crippen LogP contribution in [0.3, 0.4) is 0 Å². The van der Waals surface area contributed by atoms with Crippen molar-refractivity contribution in [3.8, 4) is 5.75 Å². The third kappa shape index (κ3) is 3.22. The first-order chi connectivity index (χ1) is 5.87. The molecule has 0 saturated heterocycles. The Morgan fingerprint density at radius 2 is 1.54 bits per heavy atom. The van der Waals surface area contributed by atoms with Crippen molar-refractivity contribution in [3.05, 3.63) is 24.0 Å². The summed E-state index contributed by atoms with van der Waals surface area (Å²) in [7, 11) is 0. The van der Waals surface area contributed by atoms with Gasteiger partial charge in [0, 0.05) is 12.1 Å². The number of nitrogens with zero attached hydrogens (tertiary/aromatic N) is 1. The first-order valence-electron chi connectivity index (χ1n) is 2.96. The Morgan fingerprint density at radius 1 is 1.08 bits per heavy atom. The molecule has 0 atom stereocenters. The molecule has 0 saturated carbocycles. The third-order valence-electron chi connectivity index (χ3n) is 0.970. The molecule has 0 aliphatic rings. The smallest absolute Gasteiger partial charge is 0.405 e. The number of ether oxygens (including phenoxy) is 1. The van der Waals surface area contributed by atoms with E-state index in [4.69, 9.17) is 0 Å². The van der Waals surface area contributed by atoms with Gasteiger partial charge in [-0.25, -0.2) is 0 Å². The second kappa shape index (κ2) is 3.15. The van der Waals surface area contributed by atoms with Gasteiger partial charge in [-0.1, -0.05) is 0 Å². The van der Waals surface area contributed by atoms with E-state index in [1.165, 1.54) is 0 Å². The molecule has 1 aromatic heterocycles. The van der Waals surface area contributed by atoms with Crippen LogP contribution >= 0.6 is 0 Å². The largest absolute Gasteiger partial charge is 0.573 e. The van der Waals surface area contributed by atoms with E-state index in [1.807, 2.05) is 0 Å². The molecule has 0 amide bonds. The fourth-order valence-electron chi connectivity index (χ4n) is 0.636. The molecule has 0 unspecified atom stereocenters. The molecule has 0 bridgehead atoms. The molecule has 7 heteroatoms. The highest BCUT2D eigenvalue weighted by atomic mass is 19.4. The lowest BCUT2D eigenvalue weighted by Gasteiger charge is -2.07. The van der Waals surface area contributed by atoms with Crippen molar-refractivity contribution in [2.45, 2.75) is 6.36 Å². The number of hydrogen-bond acceptors (Lipinski definition) is 2. The van der Waals surface area contributed by atoms with Crippen LogP contribution in [0, 0.1) is 11.9 Å². The summed E-state index contributed by atoms with van der Waals surface area (Å²) in [6.45, 7) is 0. The van der Waals surface area contributed by atoms with Gasteiger partial charge in [0.05, 0.1) is 0 Å². The monoisotopic (exact) mass is 199 g/mol. The van der Waals surface area contributed by atoms with Crippen molar-refractivity contribution < 1.29 is 26.7 Å². The number of hydrogen-bond donors (Lipinski definition) is 0. The number of halogens is 5. The normalized spacial score (nSPS) is 11.5. The van der Waals surface area contributed by atoms with Gasteiger partial charge in [-0.15, -0.1) is 13.2 Å². The minimum absolute atomic E-state index is 0.330. The number of aromatic nitrogens is 1. The van der Waals surface area contributed by atoms with Crippen LogP contribution in [0.2, 0.25) is 0 Å². The highest BCUT2D eigenvalue weighted by Gasteiger charge is 2.31. The van der Waals surface area contributed by atoms with Crippen molar-refractivity contribution in [3.63, 3.8) is 0 Å². The molecule has 0 radical (unpaired) electrons. The molecule has 1 aromatic rings. The fourth-order valence-corrected chi connectivity index (χ4v) is 0.636. The predicted octanol–water partition coefficient (Wildman–Crippen LogP) is 2.26.